The van der Waals surface area contributed by atoms with Crippen molar-refractivity contribution < 1.29 is 19.5 Å². The maximum atomic E-state index is 13.0. The van der Waals surface area contributed by atoms with Gasteiger partial charge in [-0.2, -0.15) is 0 Å². The van der Waals surface area contributed by atoms with Crippen molar-refractivity contribution in [3.8, 4) is 0 Å². The van der Waals surface area contributed by atoms with Gasteiger partial charge in [0.2, 0.25) is 5.91 Å². The summed E-state index contributed by atoms with van der Waals surface area (Å²) in [6.45, 7) is 3.50. The third-order valence-electron chi connectivity index (χ3n) is 6.65. The van der Waals surface area contributed by atoms with E-state index >= 15 is 0 Å². The Kier molecular flexibility index (Phi) is 7.47. The number of urea groups is 1. The molecule has 1 unspecified atom stereocenters. The molecule has 2 N–H and O–H groups in total. The highest BCUT2D eigenvalue weighted by atomic mass is 16.4. The lowest BCUT2D eigenvalue weighted by atomic mass is 10.0. The van der Waals surface area contributed by atoms with E-state index in [1.54, 1.807) is 21.9 Å². The highest BCUT2D eigenvalue weighted by Gasteiger charge is 2.30. The Morgan fingerprint density at radius 2 is 1.74 bits per heavy atom. The van der Waals surface area contributed by atoms with Crippen LogP contribution in [0.25, 0.3) is 0 Å². The third kappa shape index (κ3) is 5.75. The van der Waals surface area contributed by atoms with Gasteiger partial charge in [0.05, 0.1) is 12.5 Å². The summed E-state index contributed by atoms with van der Waals surface area (Å²) >= 11 is 0. The lowest BCUT2D eigenvalue weighted by Gasteiger charge is -2.21. The van der Waals surface area contributed by atoms with Crippen molar-refractivity contribution in [3.63, 3.8) is 0 Å². The number of fused-ring (bicyclic) bond motifs is 1. The van der Waals surface area contributed by atoms with Gasteiger partial charge in [-0.15, -0.1) is 0 Å². The van der Waals surface area contributed by atoms with Crippen molar-refractivity contribution in [2.75, 3.05) is 44.7 Å². The number of aliphatic carboxylic acids is 1. The summed E-state index contributed by atoms with van der Waals surface area (Å²) in [5.74, 6) is -1.25. The number of nitrogens with zero attached hydrogens (tertiary/aromatic N) is 3. The normalized spacial score (nSPS) is 17.3. The number of hydrogen-bond acceptors (Lipinski definition) is 4. The molecule has 0 bridgehead atoms. The van der Waals surface area contributed by atoms with Gasteiger partial charge in [-0.1, -0.05) is 36.4 Å². The topological polar surface area (TPSA) is 93.2 Å². The second-order valence-electron chi connectivity index (χ2n) is 9.06. The first-order valence-corrected chi connectivity index (χ1v) is 11.8. The van der Waals surface area contributed by atoms with Crippen molar-refractivity contribution in [1.29, 1.82) is 0 Å². The van der Waals surface area contributed by atoms with Gasteiger partial charge in [0.1, 0.15) is 0 Å². The standard InChI is InChI=1S/C26H32N4O4/c1-28-12-9-19-7-8-22(17-21(19)10-13-28)30-16-15-29(26(30)34)14-11-24(31)27-23(18-25(32)33)20-5-3-2-4-6-20/h2-8,17,23H,9-16,18H2,1H3,(H,27,31)(H,32,33). The van der Waals surface area contributed by atoms with Gasteiger partial charge in [0.15, 0.2) is 0 Å². The zero-order valence-electron chi connectivity index (χ0n) is 19.6. The van der Waals surface area contributed by atoms with E-state index in [1.165, 1.54) is 11.1 Å². The van der Waals surface area contributed by atoms with Crippen LogP contribution in [0, 0.1) is 0 Å². The number of carboxylic acid groups (broad SMARTS) is 1. The summed E-state index contributed by atoms with van der Waals surface area (Å²) in [5, 5.41) is 12.0. The third-order valence-corrected chi connectivity index (χ3v) is 6.65. The number of benzene rings is 2. The van der Waals surface area contributed by atoms with E-state index in [0.29, 0.717) is 19.6 Å². The molecule has 0 radical (unpaired) electrons. The Bertz CT molecular complexity index is 1040. The maximum Gasteiger partial charge on any atom is 0.324 e. The molecule has 2 aromatic rings. The smallest absolute Gasteiger partial charge is 0.324 e. The molecule has 2 heterocycles. The Morgan fingerprint density at radius 1 is 1.00 bits per heavy atom. The van der Waals surface area contributed by atoms with Gasteiger partial charge >= 0.3 is 12.0 Å². The predicted molar refractivity (Wildman–Crippen MR) is 130 cm³/mol. The van der Waals surface area contributed by atoms with Crippen molar-refractivity contribution in [3.05, 3.63) is 65.2 Å². The van der Waals surface area contributed by atoms with Gasteiger partial charge in [-0.05, 0) is 48.7 Å². The first kappa shape index (κ1) is 23.8. The maximum absolute atomic E-state index is 13.0. The van der Waals surface area contributed by atoms with Crippen molar-refractivity contribution in [1.82, 2.24) is 15.1 Å². The molecule has 0 saturated carbocycles. The Hall–Kier alpha value is -3.39. The van der Waals surface area contributed by atoms with E-state index in [1.807, 2.05) is 24.3 Å². The zero-order valence-corrected chi connectivity index (χ0v) is 19.6. The van der Waals surface area contributed by atoms with E-state index < -0.39 is 12.0 Å². The molecule has 0 aliphatic carbocycles. The molecule has 8 nitrogen and oxygen atoms in total. The van der Waals surface area contributed by atoms with Crippen LogP contribution in [0.1, 0.15) is 35.6 Å². The molecule has 0 spiro atoms. The summed E-state index contributed by atoms with van der Waals surface area (Å²) in [4.78, 5) is 42.7. The minimum Gasteiger partial charge on any atom is -0.481 e. The van der Waals surface area contributed by atoms with Crippen molar-refractivity contribution in [2.24, 2.45) is 0 Å². The number of anilines is 1. The molecule has 1 atom stereocenters. The van der Waals surface area contributed by atoms with Crippen LogP contribution in [-0.4, -0.2) is 72.6 Å². The van der Waals surface area contributed by atoms with E-state index in [9.17, 15) is 19.5 Å². The van der Waals surface area contributed by atoms with Gasteiger partial charge < -0.3 is 20.2 Å². The Labute approximate surface area is 200 Å². The highest BCUT2D eigenvalue weighted by Crippen LogP contribution is 2.26. The average molecular weight is 465 g/mol. The monoisotopic (exact) mass is 464 g/mol. The number of hydrogen-bond donors (Lipinski definition) is 2. The van der Waals surface area contributed by atoms with Crippen LogP contribution in [0.3, 0.4) is 0 Å². The van der Waals surface area contributed by atoms with E-state index in [0.717, 1.165) is 37.2 Å². The molecule has 180 valence electrons. The average Bonchev–Trinajstić information content (AvgIpc) is 3.09. The number of carboxylic acids is 1. The number of carbonyl (C=O) groups excluding carboxylic acids is 2. The highest BCUT2D eigenvalue weighted by molar-refractivity contribution is 5.94. The van der Waals surface area contributed by atoms with Crippen LogP contribution in [0.4, 0.5) is 10.5 Å². The molecule has 2 aliphatic heterocycles. The molecule has 1 fully saturated rings. The van der Waals surface area contributed by atoms with Gasteiger partial charge in [-0.3, -0.25) is 14.5 Å². The van der Waals surface area contributed by atoms with Crippen molar-refractivity contribution >= 4 is 23.6 Å². The predicted octanol–water partition coefficient (Wildman–Crippen LogP) is 2.68. The van der Waals surface area contributed by atoms with Crippen LogP contribution < -0.4 is 10.2 Å². The van der Waals surface area contributed by atoms with Crippen LogP contribution in [0.5, 0.6) is 0 Å². The minimum atomic E-state index is -0.980. The second-order valence-corrected chi connectivity index (χ2v) is 9.06. The lowest BCUT2D eigenvalue weighted by Crippen LogP contribution is -2.36. The molecule has 2 aliphatic rings. The van der Waals surface area contributed by atoms with Crippen LogP contribution in [0.2, 0.25) is 0 Å². The molecular weight excluding hydrogens is 432 g/mol. The molecular formula is C26H32N4O4. The Morgan fingerprint density at radius 3 is 2.47 bits per heavy atom. The fraction of sp³-hybridized carbons (Fsp3) is 0.423. The number of nitrogens with one attached hydrogen (secondary N) is 1. The first-order valence-electron chi connectivity index (χ1n) is 11.8. The van der Waals surface area contributed by atoms with Crippen LogP contribution in [0.15, 0.2) is 48.5 Å². The van der Waals surface area contributed by atoms with Gasteiger partial charge in [0, 0.05) is 44.8 Å². The minimum absolute atomic E-state index is 0.0939. The van der Waals surface area contributed by atoms with E-state index in [4.69, 9.17) is 0 Å². The molecule has 8 heteroatoms. The molecule has 2 aromatic carbocycles. The molecule has 4 rings (SSSR count). The molecule has 1 saturated heterocycles. The largest absolute Gasteiger partial charge is 0.481 e. The molecule has 3 amide bonds. The quantitative estimate of drug-likeness (QED) is 0.627. The second kappa shape index (κ2) is 10.7. The lowest BCUT2D eigenvalue weighted by molar-refractivity contribution is -0.137. The summed E-state index contributed by atoms with van der Waals surface area (Å²) in [6, 6.07) is 14.7. The van der Waals surface area contributed by atoms with E-state index in [2.05, 4.69) is 29.4 Å². The van der Waals surface area contributed by atoms with Crippen LogP contribution in [-0.2, 0) is 22.4 Å². The molecule has 34 heavy (non-hydrogen) atoms. The molecule has 0 aromatic heterocycles. The van der Waals surface area contributed by atoms with E-state index in [-0.39, 0.29) is 24.8 Å². The summed E-state index contributed by atoms with van der Waals surface area (Å²) in [6.07, 6.45) is 1.93. The number of rotatable bonds is 8. The SMILES string of the molecule is CN1CCc2ccc(N3CCN(CCC(=O)NC(CC(=O)O)c4ccccc4)C3=O)cc2CC1. The number of carbonyl (C=O) groups is 3. The first-order chi connectivity index (χ1) is 16.4. The van der Waals surface area contributed by atoms with Crippen molar-refractivity contribution in [2.45, 2.75) is 31.7 Å². The summed E-state index contributed by atoms with van der Waals surface area (Å²) in [5.41, 5.74) is 4.31. The number of amides is 3. The Balaban J connectivity index is 1.34. The van der Waals surface area contributed by atoms with Crippen LogP contribution >= 0.6 is 0 Å². The zero-order chi connectivity index (χ0) is 24.1. The van der Waals surface area contributed by atoms with Gasteiger partial charge in [-0.25, -0.2) is 4.79 Å². The summed E-state index contributed by atoms with van der Waals surface area (Å²) < 4.78 is 0. The van der Waals surface area contributed by atoms with Gasteiger partial charge in [0.25, 0.3) is 0 Å². The fourth-order valence-corrected chi connectivity index (χ4v) is 4.64. The number of likely N-dealkylation sites (N-methyl/N-ethyl adjacent to an activating group) is 1. The fourth-order valence-electron chi connectivity index (χ4n) is 4.64. The summed E-state index contributed by atoms with van der Waals surface area (Å²) in [7, 11) is 2.13.